The molecule has 3 heteroatoms. The van der Waals surface area contributed by atoms with E-state index in [0.29, 0.717) is 17.0 Å². The van der Waals surface area contributed by atoms with E-state index < -0.39 is 11.9 Å². The van der Waals surface area contributed by atoms with Gasteiger partial charge in [0.25, 0.3) is 0 Å². The largest absolute Gasteiger partial charge is 0.481 e. The van der Waals surface area contributed by atoms with E-state index in [9.17, 15) is 4.79 Å². The van der Waals surface area contributed by atoms with Gasteiger partial charge in [-0.25, -0.2) is 0 Å². The molecule has 2 rings (SSSR count). The molecular formula is C14H13ClO2. The quantitative estimate of drug-likeness (QED) is 0.889. The monoisotopic (exact) mass is 248 g/mol. The van der Waals surface area contributed by atoms with Crippen LogP contribution in [0, 0.1) is 0 Å². The summed E-state index contributed by atoms with van der Waals surface area (Å²) in [6.07, 6.45) is 0.535. The lowest BCUT2D eigenvalue weighted by Crippen LogP contribution is -2.11. The summed E-state index contributed by atoms with van der Waals surface area (Å²) < 4.78 is 0. The summed E-state index contributed by atoms with van der Waals surface area (Å²) in [4.78, 5) is 11.2. The highest BCUT2D eigenvalue weighted by Crippen LogP contribution is 2.33. The van der Waals surface area contributed by atoms with Crippen molar-refractivity contribution in [2.45, 2.75) is 19.3 Å². The van der Waals surface area contributed by atoms with Crippen molar-refractivity contribution in [2.24, 2.45) is 0 Å². The molecule has 0 fully saturated rings. The summed E-state index contributed by atoms with van der Waals surface area (Å²) in [6.45, 7) is 1.85. The van der Waals surface area contributed by atoms with Gasteiger partial charge in [0.1, 0.15) is 0 Å². The molecule has 88 valence electrons. The second-order valence-corrected chi connectivity index (χ2v) is 4.37. The van der Waals surface area contributed by atoms with Crippen LogP contribution >= 0.6 is 11.6 Å². The van der Waals surface area contributed by atoms with E-state index in [2.05, 4.69) is 0 Å². The van der Waals surface area contributed by atoms with Gasteiger partial charge in [0, 0.05) is 5.39 Å². The van der Waals surface area contributed by atoms with Crippen LogP contribution in [0.2, 0.25) is 5.02 Å². The molecule has 0 saturated heterocycles. The molecule has 1 unspecified atom stereocenters. The van der Waals surface area contributed by atoms with Crippen LogP contribution < -0.4 is 0 Å². The molecule has 0 bridgehead atoms. The van der Waals surface area contributed by atoms with Gasteiger partial charge in [-0.2, -0.15) is 0 Å². The molecule has 2 nitrogen and oxygen atoms in total. The molecule has 0 amide bonds. The Morgan fingerprint density at radius 3 is 2.65 bits per heavy atom. The number of rotatable bonds is 3. The number of carboxylic acids is 1. The molecule has 0 spiro atoms. The van der Waals surface area contributed by atoms with Crippen molar-refractivity contribution < 1.29 is 9.90 Å². The molecule has 0 saturated carbocycles. The first-order chi connectivity index (χ1) is 8.15. The maximum Gasteiger partial charge on any atom is 0.311 e. The Morgan fingerprint density at radius 1 is 1.29 bits per heavy atom. The molecule has 0 heterocycles. The normalized spacial score (nSPS) is 12.6. The first kappa shape index (κ1) is 11.9. The van der Waals surface area contributed by atoms with E-state index in [1.54, 1.807) is 0 Å². The first-order valence-corrected chi connectivity index (χ1v) is 5.93. The number of hydrogen-bond acceptors (Lipinski definition) is 1. The molecule has 0 aromatic heterocycles. The van der Waals surface area contributed by atoms with Crippen molar-refractivity contribution in [3.63, 3.8) is 0 Å². The summed E-state index contributed by atoms with van der Waals surface area (Å²) in [7, 11) is 0. The Kier molecular flexibility index (Phi) is 3.34. The molecule has 2 aromatic carbocycles. The number of halogens is 1. The van der Waals surface area contributed by atoms with Crippen LogP contribution in [0.5, 0.6) is 0 Å². The van der Waals surface area contributed by atoms with E-state index in [0.717, 1.165) is 10.8 Å². The smallest absolute Gasteiger partial charge is 0.311 e. The number of carboxylic acid groups (broad SMARTS) is 1. The number of fused-ring (bicyclic) bond motifs is 1. The third-order valence-corrected chi connectivity index (χ3v) is 3.40. The molecule has 0 aliphatic heterocycles. The van der Waals surface area contributed by atoms with Crippen molar-refractivity contribution in [3.05, 3.63) is 47.0 Å². The standard InChI is InChI=1S/C14H13ClO2/c1-2-10(14(16)17)12-8-7-9-5-3-4-6-11(9)13(12)15/h3-8,10H,2H2,1H3,(H,16,17). The van der Waals surface area contributed by atoms with Crippen LogP contribution in [0.4, 0.5) is 0 Å². The Bertz CT molecular complexity index is 563. The van der Waals surface area contributed by atoms with Gasteiger partial charge in [-0.1, -0.05) is 54.9 Å². The SMILES string of the molecule is CCC(C(=O)O)c1ccc2ccccc2c1Cl. The molecule has 0 radical (unpaired) electrons. The molecule has 1 N–H and O–H groups in total. The van der Waals surface area contributed by atoms with Gasteiger partial charge in [-0.3, -0.25) is 4.79 Å². The van der Waals surface area contributed by atoms with Gasteiger partial charge in [-0.05, 0) is 17.4 Å². The van der Waals surface area contributed by atoms with E-state index in [1.807, 2.05) is 43.3 Å². The van der Waals surface area contributed by atoms with E-state index in [4.69, 9.17) is 16.7 Å². The third-order valence-electron chi connectivity index (χ3n) is 2.97. The van der Waals surface area contributed by atoms with Crippen LogP contribution in [-0.2, 0) is 4.79 Å². The van der Waals surface area contributed by atoms with Crippen LogP contribution in [0.25, 0.3) is 10.8 Å². The number of aliphatic carboxylic acids is 1. The highest BCUT2D eigenvalue weighted by Gasteiger charge is 2.21. The van der Waals surface area contributed by atoms with Crippen LogP contribution in [0.3, 0.4) is 0 Å². The second kappa shape index (κ2) is 4.76. The Balaban J connectivity index is 2.63. The Hall–Kier alpha value is -1.54. The van der Waals surface area contributed by atoms with Crippen molar-refractivity contribution in [1.82, 2.24) is 0 Å². The van der Waals surface area contributed by atoms with Crippen molar-refractivity contribution in [2.75, 3.05) is 0 Å². The highest BCUT2D eigenvalue weighted by atomic mass is 35.5. The van der Waals surface area contributed by atoms with Gasteiger partial charge >= 0.3 is 5.97 Å². The Labute approximate surface area is 105 Å². The average Bonchev–Trinajstić information content (AvgIpc) is 2.33. The topological polar surface area (TPSA) is 37.3 Å². The zero-order chi connectivity index (χ0) is 12.4. The maximum atomic E-state index is 11.2. The van der Waals surface area contributed by atoms with Gasteiger partial charge in [0.05, 0.1) is 10.9 Å². The third kappa shape index (κ3) is 2.13. The average molecular weight is 249 g/mol. The predicted octanol–water partition coefficient (Wildman–Crippen LogP) is 4.07. The van der Waals surface area contributed by atoms with Gasteiger partial charge < -0.3 is 5.11 Å². The molecule has 2 aromatic rings. The summed E-state index contributed by atoms with van der Waals surface area (Å²) in [5, 5.41) is 11.7. The minimum Gasteiger partial charge on any atom is -0.481 e. The molecule has 1 atom stereocenters. The van der Waals surface area contributed by atoms with Crippen molar-refractivity contribution in [3.8, 4) is 0 Å². The lowest BCUT2D eigenvalue weighted by Gasteiger charge is -2.13. The fourth-order valence-corrected chi connectivity index (χ4v) is 2.41. The van der Waals surface area contributed by atoms with Crippen LogP contribution in [0.1, 0.15) is 24.8 Å². The summed E-state index contributed by atoms with van der Waals surface area (Å²) in [5.74, 6) is -1.36. The fraction of sp³-hybridized carbons (Fsp3) is 0.214. The van der Waals surface area contributed by atoms with E-state index in [-0.39, 0.29) is 0 Å². The first-order valence-electron chi connectivity index (χ1n) is 5.55. The summed E-state index contributed by atoms with van der Waals surface area (Å²) in [5.41, 5.74) is 0.695. The number of hydrogen-bond donors (Lipinski definition) is 1. The second-order valence-electron chi connectivity index (χ2n) is 3.99. The molecule has 0 aliphatic carbocycles. The number of benzene rings is 2. The molecule has 0 aliphatic rings. The summed E-state index contributed by atoms with van der Waals surface area (Å²) >= 11 is 6.30. The zero-order valence-corrected chi connectivity index (χ0v) is 10.2. The fourth-order valence-electron chi connectivity index (χ4n) is 2.05. The lowest BCUT2D eigenvalue weighted by atomic mass is 9.94. The maximum absolute atomic E-state index is 11.2. The number of carbonyl (C=O) groups is 1. The van der Waals surface area contributed by atoms with E-state index >= 15 is 0 Å². The van der Waals surface area contributed by atoms with Crippen molar-refractivity contribution in [1.29, 1.82) is 0 Å². The molecular weight excluding hydrogens is 236 g/mol. The van der Waals surface area contributed by atoms with Gasteiger partial charge in [0.2, 0.25) is 0 Å². The molecule has 17 heavy (non-hydrogen) atoms. The lowest BCUT2D eigenvalue weighted by molar-refractivity contribution is -0.138. The predicted molar refractivity (Wildman–Crippen MR) is 69.6 cm³/mol. The van der Waals surface area contributed by atoms with Crippen LogP contribution in [-0.4, -0.2) is 11.1 Å². The van der Waals surface area contributed by atoms with E-state index in [1.165, 1.54) is 0 Å². The van der Waals surface area contributed by atoms with Gasteiger partial charge in [-0.15, -0.1) is 0 Å². The van der Waals surface area contributed by atoms with Crippen molar-refractivity contribution >= 4 is 28.3 Å². The zero-order valence-electron chi connectivity index (χ0n) is 9.48. The Morgan fingerprint density at radius 2 is 2.00 bits per heavy atom. The summed E-state index contributed by atoms with van der Waals surface area (Å²) in [6, 6.07) is 11.4. The van der Waals surface area contributed by atoms with Gasteiger partial charge in [0.15, 0.2) is 0 Å². The minimum absolute atomic E-state index is 0.535. The van der Waals surface area contributed by atoms with Crippen LogP contribution in [0.15, 0.2) is 36.4 Å². The highest BCUT2D eigenvalue weighted by molar-refractivity contribution is 6.36. The minimum atomic E-state index is -0.829.